The minimum absolute atomic E-state index is 0.00365. The maximum absolute atomic E-state index is 12.3. The Kier molecular flexibility index (Phi) is 7.25. The quantitative estimate of drug-likeness (QED) is 0.718. The maximum Gasteiger partial charge on any atom is 0.227 e. The highest BCUT2D eigenvalue weighted by molar-refractivity contribution is 5.92. The van der Waals surface area contributed by atoms with Crippen LogP contribution >= 0.6 is 0 Å². The lowest BCUT2D eigenvalue weighted by molar-refractivity contribution is -0.122. The fraction of sp³-hybridized carbons (Fsp3) is 0.579. The number of benzene rings is 1. The van der Waals surface area contributed by atoms with Crippen LogP contribution in [0.15, 0.2) is 24.3 Å². The predicted molar refractivity (Wildman–Crippen MR) is 96.4 cm³/mol. The van der Waals surface area contributed by atoms with Gasteiger partial charge in [0, 0.05) is 30.6 Å². The van der Waals surface area contributed by atoms with Crippen molar-refractivity contribution < 1.29 is 9.59 Å². The number of amides is 2. The van der Waals surface area contributed by atoms with Crippen molar-refractivity contribution in [3.63, 3.8) is 0 Å². The van der Waals surface area contributed by atoms with E-state index in [0.29, 0.717) is 19.4 Å². The lowest BCUT2D eigenvalue weighted by atomic mass is 9.88. The standard InChI is InChI=1S/C19H29N3O2/c1-14(20)10-11-18(23)21-13-15-6-5-9-17(12-15)22-19(24)16-7-3-2-4-8-16/h5-6,9,12,14,16H,2-4,7-8,10-11,13,20H2,1H3,(H,21,23)(H,22,24). The van der Waals surface area contributed by atoms with Crippen molar-refractivity contribution in [1.29, 1.82) is 0 Å². The molecule has 1 aliphatic rings. The van der Waals surface area contributed by atoms with Crippen molar-refractivity contribution in [3.8, 4) is 0 Å². The molecule has 0 spiro atoms. The summed E-state index contributed by atoms with van der Waals surface area (Å²) in [5, 5.41) is 5.90. The van der Waals surface area contributed by atoms with Crippen LogP contribution in [0.2, 0.25) is 0 Å². The van der Waals surface area contributed by atoms with Gasteiger partial charge in [0.05, 0.1) is 0 Å². The molecule has 2 rings (SSSR count). The molecule has 1 fully saturated rings. The normalized spacial score (nSPS) is 16.4. The van der Waals surface area contributed by atoms with E-state index in [2.05, 4.69) is 10.6 Å². The molecule has 0 radical (unpaired) electrons. The second kappa shape index (κ2) is 9.42. The third-order valence-corrected chi connectivity index (χ3v) is 4.49. The van der Waals surface area contributed by atoms with E-state index in [9.17, 15) is 9.59 Å². The number of carbonyl (C=O) groups is 2. The SMILES string of the molecule is CC(N)CCC(=O)NCc1cccc(NC(=O)C2CCCCC2)c1. The zero-order chi connectivity index (χ0) is 17.4. The highest BCUT2D eigenvalue weighted by atomic mass is 16.2. The Hall–Kier alpha value is -1.88. The van der Waals surface area contributed by atoms with Crippen molar-refractivity contribution >= 4 is 17.5 Å². The topological polar surface area (TPSA) is 84.2 Å². The molecule has 1 aromatic rings. The average Bonchev–Trinajstić information content (AvgIpc) is 2.59. The van der Waals surface area contributed by atoms with Crippen molar-refractivity contribution in [2.45, 2.75) is 64.5 Å². The number of anilines is 1. The Balaban J connectivity index is 1.82. The molecule has 0 saturated heterocycles. The van der Waals surface area contributed by atoms with E-state index in [-0.39, 0.29) is 23.8 Å². The van der Waals surface area contributed by atoms with Gasteiger partial charge in [0.25, 0.3) is 0 Å². The number of hydrogen-bond acceptors (Lipinski definition) is 3. The van der Waals surface area contributed by atoms with Crippen LogP contribution in [0.3, 0.4) is 0 Å². The minimum Gasteiger partial charge on any atom is -0.352 e. The lowest BCUT2D eigenvalue weighted by Gasteiger charge is -2.20. The number of hydrogen-bond donors (Lipinski definition) is 3. The van der Waals surface area contributed by atoms with Crippen LogP contribution in [0.5, 0.6) is 0 Å². The molecule has 1 atom stereocenters. The first kappa shape index (κ1) is 18.5. The highest BCUT2D eigenvalue weighted by Crippen LogP contribution is 2.25. The second-order valence-corrected chi connectivity index (χ2v) is 6.82. The third-order valence-electron chi connectivity index (χ3n) is 4.49. The van der Waals surface area contributed by atoms with Gasteiger partial charge in [0.1, 0.15) is 0 Å². The summed E-state index contributed by atoms with van der Waals surface area (Å²) in [6.45, 7) is 2.36. The van der Waals surface area contributed by atoms with Crippen molar-refractivity contribution in [3.05, 3.63) is 29.8 Å². The molecule has 1 saturated carbocycles. The second-order valence-electron chi connectivity index (χ2n) is 6.82. The van der Waals surface area contributed by atoms with Crippen LogP contribution in [0, 0.1) is 5.92 Å². The monoisotopic (exact) mass is 331 g/mol. The van der Waals surface area contributed by atoms with Gasteiger partial charge in [-0.15, -0.1) is 0 Å². The Labute approximate surface area is 144 Å². The molecule has 5 heteroatoms. The number of rotatable bonds is 7. The molecule has 2 amide bonds. The molecule has 0 bridgehead atoms. The predicted octanol–water partition coefficient (Wildman–Crippen LogP) is 2.95. The fourth-order valence-corrected chi connectivity index (χ4v) is 3.02. The summed E-state index contributed by atoms with van der Waals surface area (Å²) in [7, 11) is 0. The summed E-state index contributed by atoms with van der Waals surface area (Å²) >= 11 is 0. The van der Waals surface area contributed by atoms with Crippen LogP contribution in [-0.2, 0) is 16.1 Å². The molecule has 24 heavy (non-hydrogen) atoms. The number of nitrogens with two attached hydrogens (primary N) is 1. The molecule has 4 N–H and O–H groups in total. The molecule has 0 aliphatic heterocycles. The zero-order valence-electron chi connectivity index (χ0n) is 14.5. The zero-order valence-corrected chi connectivity index (χ0v) is 14.5. The molecule has 1 aliphatic carbocycles. The van der Waals surface area contributed by atoms with Gasteiger partial charge in [-0.3, -0.25) is 9.59 Å². The van der Waals surface area contributed by atoms with Crippen LogP contribution in [0.25, 0.3) is 0 Å². The average molecular weight is 331 g/mol. The lowest BCUT2D eigenvalue weighted by Crippen LogP contribution is -2.26. The van der Waals surface area contributed by atoms with Crippen molar-refractivity contribution in [2.24, 2.45) is 11.7 Å². The Morgan fingerprint density at radius 3 is 2.71 bits per heavy atom. The highest BCUT2D eigenvalue weighted by Gasteiger charge is 2.21. The minimum atomic E-state index is 0.00365. The molecule has 1 unspecified atom stereocenters. The molecule has 5 nitrogen and oxygen atoms in total. The van der Waals surface area contributed by atoms with Gasteiger partial charge in [-0.2, -0.15) is 0 Å². The van der Waals surface area contributed by atoms with Gasteiger partial charge >= 0.3 is 0 Å². The van der Waals surface area contributed by atoms with E-state index in [1.807, 2.05) is 31.2 Å². The van der Waals surface area contributed by atoms with Crippen molar-refractivity contribution in [2.75, 3.05) is 5.32 Å². The first-order valence-corrected chi connectivity index (χ1v) is 8.96. The summed E-state index contributed by atoms with van der Waals surface area (Å²) < 4.78 is 0. The largest absolute Gasteiger partial charge is 0.352 e. The Bertz CT molecular complexity index is 551. The summed E-state index contributed by atoms with van der Waals surface area (Å²) in [6.07, 6.45) is 6.63. The molecule has 132 valence electrons. The number of carbonyl (C=O) groups excluding carboxylic acids is 2. The third kappa shape index (κ3) is 6.32. The Morgan fingerprint density at radius 1 is 1.25 bits per heavy atom. The summed E-state index contributed by atoms with van der Waals surface area (Å²) in [5.41, 5.74) is 7.43. The van der Waals surface area contributed by atoms with Gasteiger partial charge in [0.15, 0.2) is 0 Å². The first-order valence-electron chi connectivity index (χ1n) is 8.96. The van der Waals surface area contributed by atoms with Gasteiger partial charge in [-0.05, 0) is 43.9 Å². The van der Waals surface area contributed by atoms with E-state index in [4.69, 9.17) is 5.73 Å². The molecule has 0 heterocycles. The van der Waals surface area contributed by atoms with Crippen LogP contribution in [0.4, 0.5) is 5.69 Å². The summed E-state index contributed by atoms with van der Waals surface area (Å²) in [6, 6.07) is 7.70. The van der Waals surface area contributed by atoms with Crippen molar-refractivity contribution in [1.82, 2.24) is 5.32 Å². The smallest absolute Gasteiger partial charge is 0.227 e. The van der Waals surface area contributed by atoms with Crippen LogP contribution < -0.4 is 16.4 Å². The summed E-state index contributed by atoms with van der Waals surface area (Å²) in [5.74, 6) is 0.261. The molecule has 1 aromatic carbocycles. The van der Waals surface area contributed by atoms with Gasteiger partial charge in [0.2, 0.25) is 11.8 Å². The van der Waals surface area contributed by atoms with E-state index in [0.717, 1.165) is 36.9 Å². The van der Waals surface area contributed by atoms with E-state index in [1.165, 1.54) is 6.42 Å². The maximum atomic E-state index is 12.3. The van der Waals surface area contributed by atoms with E-state index < -0.39 is 0 Å². The Morgan fingerprint density at radius 2 is 2.00 bits per heavy atom. The molecular weight excluding hydrogens is 302 g/mol. The van der Waals surface area contributed by atoms with E-state index >= 15 is 0 Å². The van der Waals surface area contributed by atoms with Crippen LogP contribution in [-0.4, -0.2) is 17.9 Å². The van der Waals surface area contributed by atoms with E-state index in [1.54, 1.807) is 0 Å². The molecule has 0 aromatic heterocycles. The fourth-order valence-electron chi connectivity index (χ4n) is 3.02. The van der Waals surface area contributed by atoms with Gasteiger partial charge < -0.3 is 16.4 Å². The van der Waals surface area contributed by atoms with Crippen LogP contribution in [0.1, 0.15) is 57.4 Å². The van der Waals surface area contributed by atoms with Gasteiger partial charge in [-0.1, -0.05) is 31.4 Å². The van der Waals surface area contributed by atoms with Gasteiger partial charge in [-0.25, -0.2) is 0 Å². The number of nitrogens with one attached hydrogen (secondary N) is 2. The summed E-state index contributed by atoms with van der Waals surface area (Å²) in [4.78, 5) is 24.1. The first-order chi connectivity index (χ1) is 11.5. The molecular formula is C19H29N3O2.